The van der Waals surface area contributed by atoms with Gasteiger partial charge in [0.2, 0.25) is 5.91 Å². The summed E-state index contributed by atoms with van der Waals surface area (Å²) in [5.74, 6) is 1.10. The number of hydrogen-bond acceptors (Lipinski definition) is 1. The minimum absolute atomic E-state index is 0.238. The summed E-state index contributed by atoms with van der Waals surface area (Å²) in [7, 11) is 0. The number of likely N-dealkylation sites (tertiary alicyclic amines) is 1. The van der Waals surface area contributed by atoms with Crippen molar-refractivity contribution < 1.29 is 4.79 Å². The molecule has 0 radical (unpaired) electrons. The fourth-order valence-corrected chi connectivity index (χ4v) is 3.38. The second-order valence-corrected chi connectivity index (χ2v) is 5.38. The van der Waals surface area contributed by atoms with Crippen LogP contribution in [0.3, 0.4) is 0 Å². The van der Waals surface area contributed by atoms with E-state index >= 15 is 0 Å². The molecule has 1 saturated carbocycles. The SMILES string of the molecule is CC[C@@H]1C[C@]12CCC(=O)N2Cc1ccccc1. The highest BCUT2D eigenvalue weighted by molar-refractivity contribution is 5.80. The summed E-state index contributed by atoms with van der Waals surface area (Å²) in [6, 6.07) is 10.3. The zero-order valence-corrected chi connectivity index (χ0v) is 10.4. The topological polar surface area (TPSA) is 20.3 Å². The van der Waals surface area contributed by atoms with Crippen molar-refractivity contribution in [2.45, 2.75) is 44.7 Å². The Morgan fingerprint density at radius 3 is 2.76 bits per heavy atom. The molecule has 2 aliphatic rings. The third kappa shape index (κ3) is 1.67. The fraction of sp³-hybridized carbons (Fsp3) is 0.533. The molecule has 90 valence electrons. The lowest BCUT2D eigenvalue weighted by molar-refractivity contribution is -0.130. The maximum atomic E-state index is 12.0. The molecule has 1 saturated heterocycles. The third-order valence-corrected chi connectivity index (χ3v) is 4.49. The Morgan fingerprint density at radius 1 is 1.35 bits per heavy atom. The van der Waals surface area contributed by atoms with Gasteiger partial charge in [0.05, 0.1) is 0 Å². The quantitative estimate of drug-likeness (QED) is 0.780. The zero-order valence-electron chi connectivity index (χ0n) is 10.4. The lowest BCUT2D eigenvalue weighted by Crippen LogP contribution is -2.35. The minimum Gasteiger partial charge on any atom is -0.332 e. The Balaban J connectivity index is 1.79. The van der Waals surface area contributed by atoms with Crippen LogP contribution in [0.25, 0.3) is 0 Å². The van der Waals surface area contributed by atoms with Crippen molar-refractivity contribution in [3.8, 4) is 0 Å². The molecule has 0 unspecified atom stereocenters. The molecule has 2 atom stereocenters. The van der Waals surface area contributed by atoms with Gasteiger partial charge in [-0.25, -0.2) is 0 Å². The number of rotatable bonds is 3. The molecule has 0 bridgehead atoms. The molecule has 1 amide bonds. The predicted molar refractivity (Wildman–Crippen MR) is 67.4 cm³/mol. The van der Waals surface area contributed by atoms with Crippen LogP contribution < -0.4 is 0 Å². The molecule has 1 aliphatic carbocycles. The van der Waals surface area contributed by atoms with Gasteiger partial charge in [0.25, 0.3) is 0 Å². The molecule has 1 spiro atoms. The van der Waals surface area contributed by atoms with Gasteiger partial charge in [-0.05, 0) is 24.3 Å². The Bertz CT molecular complexity index is 428. The van der Waals surface area contributed by atoms with Crippen LogP contribution in [-0.4, -0.2) is 16.3 Å². The van der Waals surface area contributed by atoms with Gasteiger partial charge in [-0.2, -0.15) is 0 Å². The van der Waals surface area contributed by atoms with E-state index in [0.29, 0.717) is 5.91 Å². The molecule has 0 aromatic heterocycles. The number of carbonyl (C=O) groups is 1. The van der Waals surface area contributed by atoms with E-state index in [1.165, 1.54) is 18.4 Å². The van der Waals surface area contributed by atoms with E-state index in [4.69, 9.17) is 0 Å². The molecule has 1 aromatic rings. The van der Waals surface area contributed by atoms with Crippen LogP contribution in [0.4, 0.5) is 0 Å². The summed E-state index contributed by atoms with van der Waals surface area (Å²) in [6.45, 7) is 3.04. The smallest absolute Gasteiger partial charge is 0.223 e. The van der Waals surface area contributed by atoms with E-state index in [1.54, 1.807) is 0 Å². The van der Waals surface area contributed by atoms with Crippen molar-refractivity contribution in [1.29, 1.82) is 0 Å². The van der Waals surface area contributed by atoms with Crippen LogP contribution in [-0.2, 0) is 11.3 Å². The molecule has 1 aliphatic heterocycles. The van der Waals surface area contributed by atoms with Gasteiger partial charge in [0.15, 0.2) is 0 Å². The van der Waals surface area contributed by atoms with Crippen molar-refractivity contribution >= 4 is 5.91 Å². The van der Waals surface area contributed by atoms with Crippen LogP contribution in [0.2, 0.25) is 0 Å². The van der Waals surface area contributed by atoms with Crippen molar-refractivity contribution in [1.82, 2.24) is 4.90 Å². The lowest BCUT2D eigenvalue weighted by atomic mass is 10.1. The van der Waals surface area contributed by atoms with Crippen LogP contribution in [0.5, 0.6) is 0 Å². The van der Waals surface area contributed by atoms with Crippen LogP contribution in [0.1, 0.15) is 38.2 Å². The van der Waals surface area contributed by atoms with Crippen LogP contribution >= 0.6 is 0 Å². The number of hydrogen-bond donors (Lipinski definition) is 0. The first kappa shape index (κ1) is 10.8. The number of carbonyl (C=O) groups excluding carboxylic acids is 1. The van der Waals surface area contributed by atoms with Crippen molar-refractivity contribution in [2.75, 3.05) is 0 Å². The van der Waals surface area contributed by atoms with Crippen molar-refractivity contribution in [3.63, 3.8) is 0 Å². The monoisotopic (exact) mass is 229 g/mol. The first-order valence-corrected chi connectivity index (χ1v) is 6.60. The highest BCUT2D eigenvalue weighted by atomic mass is 16.2. The summed E-state index contributed by atoms with van der Waals surface area (Å²) in [4.78, 5) is 14.2. The van der Waals surface area contributed by atoms with Gasteiger partial charge in [-0.15, -0.1) is 0 Å². The molecule has 2 nitrogen and oxygen atoms in total. The van der Waals surface area contributed by atoms with E-state index < -0.39 is 0 Å². The summed E-state index contributed by atoms with van der Waals surface area (Å²) < 4.78 is 0. The second-order valence-electron chi connectivity index (χ2n) is 5.38. The third-order valence-electron chi connectivity index (χ3n) is 4.49. The summed E-state index contributed by atoms with van der Waals surface area (Å²) in [5.41, 5.74) is 1.49. The maximum Gasteiger partial charge on any atom is 0.223 e. The summed E-state index contributed by atoms with van der Waals surface area (Å²) in [5, 5.41) is 0. The second kappa shape index (κ2) is 3.86. The van der Waals surface area contributed by atoms with Gasteiger partial charge in [-0.3, -0.25) is 4.79 Å². The summed E-state index contributed by atoms with van der Waals surface area (Å²) >= 11 is 0. The molecule has 1 aromatic carbocycles. The Kier molecular flexibility index (Phi) is 2.46. The highest BCUT2D eigenvalue weighted by Gasteiger charge is 2.61. The number of nitrogens with zero attached hydrogens (tertiary/aromatic N) is 1. The Hall–Kier alpha value is -1.31. The first-order chi connectivity index (χ1) is 8.26. The van der Waals surface area contributed by atoms with Crippen LogP contribution in [0.15, 0.2) is 30.3 Å². The molecule has 2 fully saturated rings. The average molecular weight is 229 g/mol. The predicted octanol–water partition coefficient (Wildman–Crippen LogP) is 2.98. The lowest BCUT2D eigenvalue weighted by Gasteiger charge is -2.26. The first-order valence-electron chi connectivity index (χ1n) is 6.60. The zero-order chi connectivity index (χ0) is 11.9. The van der Waals surface area contributed by atoms with E-state index in [2.05, 4.69) is 24.0 Å². The van der Waals surface area contributed by atoms with Gasteiger partial charge in [0.1, 0.15) is 0 Å². The van der Waals surface area contributed by atoms with Gasteiger partial charge in [0, 0.05) is 18.5 Å². The molecule has 1 heterocycles. The van der Waals surface area contributed by atoms with Gasteiger partial charge in [-0.1, -0.05) is 43.7 Å². The number of benzene rings is 1. The molecule has 2 heteroatoms. The largest absolute Gasteiger partial charge is 0.332 e. The molecule has 17 heavy (non-hydrogen) atoms. The molecular weight excluding hydrogens is 210 g/mol. The van der Waals surface area contributed by atoms with E-state index in [0.717, 1.165) is 25.3 Å². The fourth-order valence-electron chi connectivity index (χ4n) is 3.38. The molecular formula is C15H19NO. The van der Waals surface area contributed by atoms with E-state index in [9.17, 15) is 4.79 Å². The molecule has 0 N–H and O–H groups in total. The van der Waals surface area contributed by atoms with Crippen molar-refractivity contribution in [2.24, 2.45) is 5.92 Å². The maximum absolute atomic E-state index is 12.0. The van der Waals surface area contributed by atoms with Gasteiger partial charge < -0.3 is 4.90 Å². The van der Waals surface area contributed by atoms with Crippen LogP contribution in [0, 0.1) is 5.92 Å². The normalized spacial score (nSPS) is 31.2. The summed E-state index contributed by atoms with van der Waals surface area (Å²) in [6.07, 6.45) is 4.27. The van der Waals surface area contributed by atoms with Gasteiger partial charge >= 0.3 is 0 Å². The van der Waals surface area contributed by atoms with Crippen molar-refractivity contribution in [3.05, 3.63) is 35.9 Å². The Morgan fingerprint density at radius 2 is 2.12 bits per heavy atom. The molecule has 3 rings (SSSR count). The van der Waals surface area contributed by atoms with E-state index in [-0.39, 0.29) is 5.54 Å². The average Bonchev–Trinajstić information content (AvgIpc) is 3.01. The Labute approximate surface area is 103 Å². The van der Waals surface area contributed by atoms with E-state index in [1.807, 2.05) is 18.2 Å². The number of amides is 1. The standard InChI is InChI=1S/C15H19NO/c1-2-13-10-15(13)9-8-14(17)16(15)11-12-6-4-3-5-7-12/h3-7,13H,2,8-11H2,1H3/t13-,15-/m1/s1. The minimum atomic E-state index is 0.238. The highest BCUT2D eigenvalue weighted by Crippen LogP contribution is 2.57.